The van der Waals surface area contributed by atoms with E-state index in [2.05, 4.69) is 6.92 Å². The van der Waals surface area contributed by atoms with Gasteiger partial charge in [0.2, 0.25) is 0 Å². The van der Waals surface area contributed by atoms with Gasteiger partial charge in [0.1, 0.15) is 11.9 Å². The highest BCUT2D eigenvalue weighted by atomic mass is 19.1. The number of benzene rings is 1. The number of nitrogens with zero attached hydrogens (tertiary/aromatic N) is 1. The fraction of sp³-hybridized carbons (Fsp3) is 0.774. The van der Waals surface area contributed by atoms with Crippen LogP contribution in [0.15, 0.2) is 18.2 Å². The van der Waals surface area contributed by atoms with Crippen LogP contribution in [-0.4, -0.2) is 0 Å². The van der Waals surface area contributed by atoms with E-state index < -0.39 is 0 Å². The van der Waals surface area contributed by atoms with Gasteiger partial charge in [-0.1, -0.05) is 90.0 Å². The molecule has 3 aliphatic carbocycles. The number of nitriles is 1. The first-order chi connectivity index (χ1) is 16.2. The lowest BCUT2D eigenvalue weighted by Gasteiger charge is -2.43. The van der Waals surface area contributed by atoms with Gasteiger partial charge in [-0.25, -0.2) is 4.39 Å². The summed E-state index contributed by atoms with van der Waals surface area (Å²) in [6.07, 6.45) is 24.1. The highest BCUT2D eigenvalue weighted by molar-refractivity contribution is 5.35. The summed E-state index contributed by atoms with van der Waals surface area (Å²) in [5.41, 5.74) is 1.29. The Morgan fingerprint density at radius 1 is 0.788 bits per heavy atom. The minimum absolute atomic E-state index is 0.174. The Morgan fingerprint density at radius 3 is 2.18 bits per heavy atom. The van der Waals surface area contributed by atoms with E-state index in [1.165, 1.54) is 109 Å². The van der Waals surface area contributed by atoms with Crippen LogP contribution in [-0.2, 0) is 0 Å². The molecule has 0 aliphatic heterocycles. The maximum Gasteiger partial charge on any atom is 0.141 e. The highest BCUT2D eigenvalue weighted by Crippen LogP contribution is 2.49. The molecular formula is C31H46FN. The van der Waals surface area contributed by atoms with E-state index >= 15 is 0 Å². The summed E-state index contributed by atoms with van der Waals surface area (Å²) in [5, 5.41) is 8.99. The summed E-state index contributed by atoms with van der Waals surface area (Å²) in [7, 11) is 0. The quantitative estimate of drug-likeness (QED) is 0.343. The zero-order valence-corrected chi connectivity index (χ0v) is 21.0. The minimum Gasteiger partial charge on any atom is -0.206 e. The van der Waals surface area contributed by atoms with Crippen molar-refractivity contribution >= 4 is 0 Å². The summed E-state index contributed by atoms with van der Waals surface area (Å²) < 4.78 is 14.1. The van der Waals surface area contributed by atoms with E-state index in [4.69, 9.17) is 5.26 Å². The summed E-state index contributed by atoms with van der Waals surface area (Å²) >= 11 is 0. The third-order valence-corrected chi connectivity index (χ3v) is 9.72. The van der Waals surface area contributed by atoms with E-state index in [0.717, 1.165) is 35.2 Å². The fourth-order valence-corrected chi connectivity index (χ4v) is 7.57. The maximum absolute atomic E-state index is 14.1. The van der Waals surface area contributed by atoms with Crippen molar-refractivity contribution in [1.29, 1.82) is 5.26 Å². The van der Waals surface area contributed by atoms with Crippen molar-refractivity contribution in [1.82, 2.24) is 0 Å². The Balaban J connectivity index is 1.15. The zero-order chi connectivity index (χ0) is 23.0. The average molecular weight is 452 g/mol. The van der Waals surface area contributed by atoms with Gasteiger partial charge < -0.3 is 0 Å². The molecule has 1 aromatic rings. The lowest BCUT2D eigenvalue weighted by Crippen LogP contribution is -2.30. The Bertz CT molecular complexity index is 772. The first-order valence-corrected chi connectivity index (χ1v) is 14.4. The van der Waals surface area contributed by atoms with E-state index in [9.17, 15) is 4.39 Å². The van der Waals surface area contributed by atoms with Gasteiger partial charge in [-0.15, -0.1) is 0 Å². The van der Waals surface area contributed by atoms with Crippen LogP contribution in [0.5, 0.6) is 0 Å². The van der Waals surface area contributed by atoms with E-state index in [1.807, 2.05) is 12.1 Å². The fourth-order valence-electron chi connectivity index (χ4n) is 7.57. The second-order valence-electron chi connectivity index (χ2n) is 11.9. The van der Waals surface area contributed by atoms with Crippen LogP contribution < -0.4 is 0 Å². The Hall–Kier alpha value is -1.36. The summed E-state index contributed by atoms with van der Waals surface area (Å²) in [4.78, 5) is 0. The molecule has 4 atom stereocenters. The van der Waals surface area contributed by atoms with Crippen LogP contribution in [0.2, 0.25) is 0 Å². The van der Waals surface area contributed by atoms with Crippen molar-refractivity contribution in [2.24, 2.45) is 29.6 Å². The lowest BCUT2D eigenvalue weighted by atomic mass is 9.63. The molecule has 4 rings (SSSR count). The summed E-state index contributed by atoms with van der Waals surface area (Å²) in [6.45, 7) is 2.31. The second-order valence-corrected chi connectivity index (χ2v) is 11.9. The van der Waals surface area contributed by atoms with Gasteiger partial charge in [0.15, 0.2) is 0 Å². The molecule has 182 valence electrons. The van der Waals surface area contributed by atoms with Crippen LogP contribution in [0.4, 0.5) is 4.39 Å². The molecule has 0 radical (unpaired) electrons. The molecule has 3 saturated carbocycles. The molecule has 0 aromatic heterocycles. The number of fused-ring (bicyclic) bond motifs is 1. The van der Waals surface area contributed by atoms with Crippen LogP contribution in [0, 0.1) is 46.7 Å². The molecule has 1 nitrogen and oxygen atoms in total. The Labute approximate surface area is 202 Å². The minimum atomic E-state index is -0.341. The average Bonchev–Trinajstić information content (AvgIpc) is 2.85. The number of rotatable bonds is 9. The van der Waals surface area contributed by atoms with Crippen molar-refractivity contribution in [3.63, 3.8) is 0 Å². The SMILES string of the molecule is CCCCCCC1CCC(CCC2CCC3CC(c4ccc(C#N)c(F)c4)CCC3C2)CC1. The number of hydrogen-bond donors (Lipinski definition) is 0. The smallest absolute Gasteiger partial charge is 0.141 e. The molecule has 0 N–H and O–H groups in total. The molecule has 4 unspecified atom stereocenters. The molecule has 0 saturated heterocycles. The zero-order valence-electron chi connectivity index (χ0n) is 21.0. The molecule has 0 bridgehead atoms. The van der Waals surface area contributed by atoms with Gasteiger partial charge in [-0.3, -0.25) is 0 Å². The van der Waals surface area contributed by atoms with Gasteiger partial charge in [0.25, 0.3) is 0 Å². The molecule has 2 heteroatoms. The van der Waals surface area contributed by atoms with Crippen molar-refractivity contribution in [2.45, 2.75) is 122 Å². The normalized spacial score (nSPS) is 32.2. The van der Waals surface area contributed by atoms with Gasteiger partial charge >= 0.3 is 0 Å². The molecule has 0 amide bonds. The van der Waals surface area contributed by atoms with E-state index in [0.29, 0.717) is 5.92 Å². The topological polar surface area (TPSA) is 23.8 Å². The highest BCUT2D eigenvalue weighted by Gasteiger charge is 2.36. The standard InChI is InChI=1S/C31H46FN/c1-2-3-4-5-6-23-7-9-24(10-8-23)11-12-25-13-14-27-20-28(16-15-26(27)19-25)29-17-18-30(22-33)31(32)21-29/h17-18,21,23-28H,2-16,19-20H2,1H3. The first kappa shape index (κ1) is 24.8. The predicted octanol–water partition coefficient (Wildman–Crippen LogP) is 9.55. The number of halogens is 1. The maximum atomic E-state index is 14.1. The summed E-state index contributed by atoms with van der Waals surface area (Å²) in [5.74, 6) is 4.89. The van der Waals surface area contributed by atoms with Crippen molar-refractivity contribution < 1.29 is 4.39 Å². The van der Waals surface area contributed by atoms with Crippen molar-refractivity contribution in [3.8, 4) is 6.07 Å². The van der Waals surface area contributed by atoms with Crippen LogP contribution in [0.1, 0.15) is 133 Å². The molecular weight excluding hydrogens is 405 g/mol. The second kappa shape index (κ2) is 12.4. The van der Waals surface area contributed by atoms with Gasteiger partial charge in [-0.05, 0) is 85.3 Å². The summed E-state index contributed by atoms with van der Waals surface area (Å²) in [6, 6.07) is 7.26. The van der Waals surface area contributed by atoms with Crippen molar-refractivity contribution in [3.05, 3.63) is 35.1 Å². The van der Waals surface area contributed by atoms with Crippen LogP contribution in [0.3, 0.4) is 0 Å². The Kier molecular flexibility index (Phi) is 9.28. The number of unbranched alkanes of at least 4 members (excludes halogenated alkanes) is 3. The third kappa shape index (κ3) is 6.83. The third-order valence-electron chi connectivity index (χ3n) is 9.72. The van der Waals surface area contributed by atoms with Gasteiger partial charge in [-0.2, -0.15) is 5.26 Å². The molecule has 33 heavy (non-hydrogen) atoms. The van der Waals surface area contributed by atoms with Crippen LogP contribution >= 0.6 is 0 Å². The lowest BCUT2D eigenvalue weighted by molar-refractivity contribution is 0.108. The molecule has 3 fully saturated rings. The largest absolute Gasteiger partial charge is 0.206 e. The Morgan fingerprint density at radius 2 is 1.45 bits per heavy atom. The number of hydrogen-bond acceptors (Lipinski definition) is 1. The molecule has 0 heterocycles. The van der Waals surface area contributed by atoms with Gasteiger partial charge in [0, 0.05) is 0 Å². The van der Waals surface area contributed by atoms with Crippen molar-refractivity contribution in [2.75, 3.05) is 0 Å². The monoisotopic (exact) mass is 451 g/mol. The molecule has 3 aliphatic rings. The molecule has 1 aromatic carbocycles. The van der Waals surface area contributed by atoms with E-state index in [-0.39, 0.29) is 11.4 Å². The molecule has 0 spiro atoms. The first-order valence-electron chi connectivity index (χ1n) is 14.4. The predicted molar refractivity (Wildman–Crippen MR) is 135 cm³/mol. The van der Waals surface area contributed by atoms with Gasteiger partial charge in [0.05, 0.1) is 5.56 Å². The van der Waals surface area contributed by atoms with E-state index in [1.54, 1.807) is 12.1 Å². The van der Waals surface area contributed by atoms with Crippen LogP contribution in [0.25, 0.3) is 0 Å².